The first-order valence-electron chi connectivity index (χ1n) is 9.58. The molecule has 3 heterocycles. The van der Waals surface area contributed by atoms with Crippen LogP contribution < -0.4 is 0 Å². The van der Waals surface area contributed by atoms with Crippen LogP contribution in [0.3, 0.4) is 0 Å². The van der Waals surface area contributed by atoms with E-state index in [1.165, 1.54) is 38.9 Å². The molecule has 11 heteroatoms. The number of amides is 1. The van der Waals surface area contributed by atoms with Crippen molar-refractivity contribution in [1.82, 2.24) is 9.47 Å². The fourth-order valence-corrected chi connectivity index (χ4v) is 4.97. The molecule has 2 aliphatic heterocycles. The van der Waals surface area contributed by atoms with E-state index in [9.17, 15) is 33.3 Å². The summed E-state index contributed by atoms with van der Waals surface area (Å²) in [6, 6.07) is 4.19. The van der Waals surface area contributed by atoms with Crippen LogP contribution in [0.25, 0.3) is 5.69 Å². The summed E-state index contributed by atoms with van der Waals surface area (Å²) in [7, 11) is 2.98. The highest BCUT2D eigenvalue weighted by Crippen LogP contribution is 2.66. The van der Waals surface area contributed by atoms with Crippen molar-refractivity contribution in [2.75, 3.05) is 14.1 Å². The van der Waals surface area contributed by atoms with Crippen LogP contribution in [-0.4, -0.2) is 50.9 Å². The van der Waals surface area contributed by atoms with E-state index in [2.05, 4.69) is 0 Å². The summed E-state index contributed by atoms with van der Waals surface area (Å²) in [4.78, 5) is 14.0. The minimum absolute atomic E-state index is 0.00859. The number of benzene rings is 1. The normalized spacial score (nSPS) is 28.5. The number of hydrogen-bond donors (Lipinski definition) is 3. The number of aromatic hydroxyl groups is 2. The summed E-state index contributed by atoms with van der Waals surface area (Å²) in [5, 5.41) is 41.9. The van der Waals surface area contributed by atoms with Crippen LogP contribution >= 0.6 is 0 Å². The van der Waals surface area contributed by atoms with E-state index in [0.29, 0.717) is 6.07 Å². The number of aromatic nitrogens is 1. The molecule has 170 valence electrons. The van der Waals surface area contributed by atoms with Gasteiger partial charge < -0.3 is 25.0 Å². The number of nitrogens with zero attached hydrogens (tertiary/aromatic N) is 3. The molecular formula is C21H20F3N3O5. The second kappa shape index (κ2) is 6.40. The largest absolute Gasteiger partial charge is 0.494 e. The topological polar surface area (TPSA) is 119 Å². The monoisotopic (exact) mass is 451 g/mol. The molecule has 1 aromatic heterocycles. The lowest BCUT2D eigenvalue weighted by atomic mass is 9.70. The van der Waals surface area contributed by atoms with Crippen LogP contribution in [0.2, 0.25) is 0 Å². The van der Waals surface area contributed by atoms with E-state index in [-0.39, 0.29) is 16.8 Å². The number of nitriles is 1. The van der Waals surface area contributed by atoms with Gasteiger partial charge in [0.15, 0.2) is 0 Å². The van der Waals surface area contributed by atoms with Gasteiger partial charge in [0.05, 0.1) is 34.0 Å². The number of halogens is 3. The molecule has 0 saturated carbocycles. The van der Waals surface area contributed by atoms with Crippen molar-refractivity contribution in [3.8, 4) is 23.5 Å². The summed E-state index contributed by atoms with van der Waals surface area (Å²) < 4.78 is 47.1. The second-order valence-corrected chi connectivity index (χ2v) is 8.54. The maximum atomic E-state index is 13.4. The molecule has 2 aliphatic rings. The summed E-state index contributed by atoms with van der Waals surface area (Å²) in [5.41, 5.74) is -5.23. The number of hydrogen-bond acceptors (Lipinski definition) is 6. The molecule has 1 aromatic carbocycles. The fourth-order valence-electron chi connectivity index (χ4n) is 4.97. The van der Waals surface area contributed by atoms with Crippen molar-refractivity contribution in [3.63, 3.8) is 0 Å². The minimum Gasteiger partial charge on any atom is -0.494 e. The van der Waals surface area contributed by atoms with Gasteiger partial charge >= 0.3 is 6.18 Å². The number of fused-ring (bicyclic) bond motifs is 5. The number of ether oxygens (including phenoxy) is 1. The molecule has 1 fully saturated rings. The molecule has 0 aliphatic carbocycles. The lowest BCUT2D eigenvalue weighted by molar-refractivity contribution is -0.141. The standard InChI is InChI=1S/C21H20F3N3O5/c1-19-12-13(20(2,32-19)15(28)14(19)16(29)26(3)4)18(31)27(17(12)30)10-6-5-9(8-25)11(7-10)21(22,23)24/h5-7,14-15,28,30-31H,1-4H3/t14?,15-,19+,20-/m1/s1. The van der Waals surface area contributed by atoms with Crippen molar-refractivity contribution in [2.45, 2.75) is 37.3 Å². The van der Waals surface area contributed by atoms with Gasteiger partial charge in [0.1, 0.15) is 23.2 Å². The Kier molecular flexibility index (Phi) is 4.40. The summed E-state index contributed by atoms with van der Waals surface area (Å²) in [5.74, 6) is -2.84. The average Bonchev–Trinajstić information content (AvgIpc) is 3.19. The third-order valence-electron chi connectivity index (χ3n) is 6.41. The number of carbonyl (C=O) groups excluding carboxylic acids is 1. The summed E-state index contributed by atoms with van der Waals surface area (Å²) >= 11 is 0. The van der Waals surface area contributed by atoms with Crippen molar-refractivity contribution < 1.29 is 38.0 Å². The van der Waals surface area contributed by atoms with Gasteiger partial charge in [-0.2, -0.15) is 18.4 Å². The van der Waals surface area contributed by atoms with Crippen molar-refractivity contribution in [2.24, 2.45) is 5.92 Å². The third kappa shape index (κ3) is 2.53. The highest BCUT2D eigenvalue weighted by atomic mass is 19.4. The van der Waals surface area contributed by atoms with Gasteiger partial charge in [0.25, 0.3) is 0 Å². The van der Waals surface area contributed by atoms with Crippen LogP contribution in [0.4, 0.5) is 13.2 Å². The Morgan fingerprint density at radius 2 is 1.75 bits per heavy atom. The van der Waals surface area contributed by atoms with Crippen molar-refractivity contribution >= 4 is 5.91 Å². The van der Waals surface area contributed by atoms with Crippen LogP contribution in [0, 0.1) is 17.2 Å². The molecule has 4 atom stereocenters. The van der Waals surface area contributed by atoms with E-state index in [1.54, 1.807) is 0 Å². The lowest BCUT2D eigenvalue weighted by Gasteiger charge is -2.33. The highest BCUT2D eigenvalue weighted by Gasteiger charge is 2.71. The van der Waals surface area contributed by atoms with Crippen LogP contribution in [0.1, 0.15) is 36.1 Å². The Morgan fingerprint density at radius 1 is 1.19 bits per heavy atom. The molecule has 8 nitrogen and oxygen atoms in total. The Hall–Kier alpha value is -3.23. The van der Waals surface area contributed by atoms with Gasteiger partial charge in [0.2, 0.25) is 17.7 Å². The number of aliphatic hydroxyl groups is 1. The van der Waals surface area contributed by atoms with E-state index in [4.69, 9.17) is 10.00 Å². The van der Waals surface area contributed by atoms with Crippen LogP contribution in [0.5, 0.6) is 11.8 Å². The Morgan fingerprint density at radius 3 is 2.25 bits per heavy atom. The predicted molar refractivity (Wildman–Crippen MR) is 103 cm³/mol. The van der Waals surface area contributed by atoms with Crippen molar-refractivity contribution in [3.05, 3.63) is 40.5 Å². The van der Waals surface area contributed by atoms with E-state index in [0.717, 1.165) is 16.7 Å². The van der Waals surface area contributed by atoms with E-state index in [1.807, 2.05) is 0 Å². The zero-order valence-electron chi connectivity index (χ0n) is 17.5. The van der Waals surface area contributed by atoms with E-state index >= 15 is 0 Å². The third-order valence-corrected chi connectivity index (χ3v) is 6.41. The quantitative estimate of drug-likeness (QED) is 0.645. The van der Waals surface area contributed by atoms with Gasteiger partial charge in [-0.25, -0.2) is 0 Å². The lowest BCUT2D eigenvalue weighted by Crippen LogP contribution is -2.48. The fraction of sp³-hybridized carbons (Fsp3) is 0.429. The molecule has 1 saturated heterocycles. The van der Waals surface area contributed by atoms with Crippen LogP contribution in [-0.2, 0) is 26.9 Å². The molecule has 0 spiro atoms. The average molecular weight is 451 g/mol. The number of alkyl halides is 3. The molecule has 2 aromatic rings. The highest BCUT2D eigenvalue weighted by molar-refractivity contribution is 5.83. The van der Waals surface area contributed by atoms with Gasteiger partial charge in [-0.1, -0.05) is 0 Å². The Balaban J connectivity index is 1.97. The molecule has 1 unspecified atom stereocenters. The van der Waals surface area contributed by atoms with Gasteiger partial charge in [-0.05, 0) is 32.0 Å². The first kappa shape index (κ1) is 22.0. The molecule has 2 bridgehead atoms. The zero-order valence-corrected chi connectivity index (χ0v) is 17.5. The number of aliphatic hydroxyl groups excluding tert-OH is 1. The SMILES string of the molecule is CN(C)C(=O)C1[C@@H](O)[C@]2(C)O[C@@]1(C)c1c2c(O)n(-c2ccc(C#N)c(C(F)(F)F)c2)c1O. The molecule has 1 amide bonds. The molecule has 4 rings (SSSR count). The Labute approximate surface area is 180 Å². The molecular weight excluding hydrogens is 431 g/mol. The maximum absolute atomic E-state index is 13.4. The first-order chi connectivity index (χ1) is 14.7. The van der Waals surface area contributed by atoms with Gasteiger partial charge in [-0.3, -0.25) is 9.36 Å². The minimum atomic E-state index is -4.85. The van der Waals surface area contributed by atoms with Gasteiger partial charge in [-0.15, -0.1) is 0 Å². The maximum Gasteiger partial charge on any atom is 0.417 e. The zero-order chi connectivity index (χ0) is 24.0. The van der Waals surface area contributed by atoms with Crippen LogP contribution in [0.15, 0.2) is 18.2 Å². The first-order valence-corrected chi connectivity index (χ1v) is 9.58. The Bertz CT molecular complexity index is 1200. The molecule has 3 N–H and O–H groups in total. The number of rotatable bonds is 2. The smallest absolute Gasteiger partial charge is 0.417 e. The van der Waals surface area contributed by atoms with E-state index < -0.39 is 58.2 Å². The summed E-state index contributed by atoms with van der Waals surface area (Å²) in [6.45, 7) is 2.91. The summed E-state index contributed by atoms with van der Waals surface area (Å²) in [6.07, 6.45) is -6.23. The second-order valence-electron chi connectivity index (χ2n) is 8.54. The molecule has 0 radical (unpaired) electrons. The van der Waals surface area contributed by atoms with Gasteiger partial charge in [0, 0.05) is 14.1 Å². The molecule has 32 heavy (non-hydrogen) atoms. The number of carbonyl (C=O) groups is 1. The predicted octanol–water partition coefficient (Wildman–Crippen LogP) is 2.32. The van der Waals surface area contributed by atoms with Crippen molar-refractivity contribution in [1.29, 1.82) is 5.26 Å².